The van der Waals surface area contributed by atoms with Crippen molar-refractivity contribution >= 4 is 0 Å². The molecule has 7 heteroatoms. The summed E-state index contributed by atoms with van der Waals surface area (Å²) in [5.41, 5.74) is 0. The van der Waals surface area contributed by atoms with Crippen molar-refractivity contribution < 1.29 is 27.4 Å². The molecule has 1 aromatic carbocycles. The van der Waals surface area contributed by atoms with E-state index in [2.05, 4.69) is 10.1 Å². The van der Waals surface area contributed by atoms with E-state index in [4.69, 9.17) is 9.47 Å². The Morgan fingerprint density at radius 1 is 1.05 bits per heavy atom. The quantitative estimate of drug-likeness (QED) is 0.709. The van der Waals surface area contributed by atoms with Crippen molar-refractivity contribution in [2.75, 3.05) is 40.0 Å². The zero-order valence-corrected chi connectivity index (χ0v) is 11.2. The molecule has 0 spiro atoms. The number of halogens is 3. The molecule has 0 aliphatic heterocycles. The van der Waals surface area contributed by atoms with E-state index in [0.717, 1.165) is 0 Å². The van der Waals surface area contributed by atoms with Gasteiger partial charge in [0.2, 0.25) is 0 Å². The van der Waals surface area contributed by atoms with E-state index < -0.39 is 12.8 Å². The molecule has 0 atom stereocenters. The van der Waals surface area contributed by atoms with Gasteiger partial charge in [-0.15, -0.1) is 0 Å². The van der Waals surface area contributed by atoms with Crippen LogP contribution in [0, 0.1) is 0 Å². The molecule has 4 nitrogen and oxygen atoms in total. The first-order valence-electron chi connectivity index (χ1n) is 6.14. The van der Waals surface area contributed by atoms with Gasteiger partial charge in [-0.1, -0.05) is 12.1 Å². The highest BCUT2D eigenvalue weighted by Gasteiger charge is 2.27. The van der Waals surface area contributed by atoms with E-state index in [0.29, 0.717) is 31.2 Å². The fraction of sp³-hybridized carbons (Fsp3) is 0.538. The van der Waals surface area contributed by atoms with Gasteiger partial charge in [0.15, 0.2) is 11.5 Å². The summed E-state index contributed by atoms with van der Waals surface area (Å²) in [6.45, 7) is 0.0268. The Kier molecular flexibility index (Phi) is 7.17. The molecule has 0 bridgehead atoms. The maximum Gasteiger partial charge on any atom is 0.411 e. The highest BCUT2D eigenvalue weighted by Crippen LogP contribution is 2.25. The standard InChI is InChI=1S/C13H18F3NO3/c1-18-11-4-2-3-5-12(11)20-9-7-17-6-8-19-10-13(14,15)16/h2-5,17H,6-10H2,1H3. The van der Waals surface area contributed by atoms with E-state index in [-0.39, 0.29) is 6.61 Å². The van der Waals surface area contributed by atoms with Crippen LogP contribution < -0.4 is 14.8 Å². The van der Waals surface area contributed by atoms with Crippen LogP contribution in [0.4, 0.5) is 13.2 Å². The molecule has 0 aliphatic carbocycles. The lowest BCUT2D eigenvalue weighted by Gasteiger charge is -2.11. The first-order valence-corrected chi connectivity index (χ1v) is 6.14. The molecule has 0 saturated carbocycles. The summed E-state index contributed by atoms with van der Waals surface area (Å²) in [4.78, 5) is 0. The van der Waals surface area contributed by atoms with Crippen LogP contribution in [0.15, 0.2) is 24.3 Å². The second-order valence-electron chi connectivity index (χ2n) is 3.92. The molecular formula is C13H18F3NO3. The second kappa shape index (κ2) is 8.65. The molecular weight excluding hydrogens is 275 g/mol. The van der Waals surface area contributed by atoms with Gasteiger partial charge in [0.1, 0.15) is 13.2 Å². The number of hydrogen-bond acceptors (Lipinski definition) is 4. The fourth-order valence-electron chi connectivity index (χ4n) is 1.43. The Hall–Kier alpha value is -1.47. The van der Waals surface area contributed by atoms with Crippen molar-refractivity contribution in [2.45, 2.75) is 6.18 Å². The minimum absolute atomic E-state index is 0.00810. The smallest absolute Gasteiger partial charge is 0.411 e. The van der Waals surface area contributed by atoms with Gasteiger partial charge in [0, 0.05) is 13.1 Å². The van der Waals surface area contributed by atoms with Gasteiger partial charge < -0.3 is 19.5 Å². The average molecular weight is 293 g/mol. The molecule has 0 heterocycles. The van der Waals surface area contributed by atoms with Crippen molar-refractivity contribution in [3.8, 4) is 11.5 Å². The maximum atomic E-state index is 11.8. The van der Waals surface area contributed by atoms with E-state index in [1.54, 1.807) is 19.2 Å². The number of para-hydroxylation sites is 2. The minimum atomic E-state index is -4.27. The van der Waals surface area contributed by atoms with E-state index >= 15 is 0 Å². The third kappa shape index (κ3) is 7.20. The van der Waals surface area contributed by atoms with Crippen molar-refractivity contribution in [3.63, 3.8) is 0 Å². The van der Waals surface area contributed by atoms with Crippen LogP contribution in [-0.2, 0) is 4.74 Å². The van der Waals surface area contributed by atoms with E-state index in [1.807, 2.05) is 12.1 Å². The first-order chi connectivity index (χ1) is 9.53. The number of hydrogen-bond donors (Lipinski definition) is 1. The van der Waals surface area contributed by atoms with Crippen molar-refractivity contribution in [1.29, 1.82) is 0 Å². The Morgan fingerprint density at radius 2 is 1.70 bits per heavy atom. The second-order valence-corrected chi connectivity index (χ2v) is 3.92. The number of rotatable bonds is 9. The predicted octanol–water partition coefficient (Wildman–Crippen LogP) is 2.24. The lowest BCUT2D eigenvalue weighted by molar-refractivity contribution is -0.173. The van der Waals surface area contributed by atoms with Crippen molar-refractivity contribution in [3.05, 3.63) is 24.3 Å². The molecule has 114 valence electrons. The third-order valence-electron chi connectivity index (χ3n) is 2.29. The molecule has 0 radical (unpaired) electrons. The first kappa shape index (κ1) is 16.6. The van der Waals surface area contributed by atoms with Crippen LogP contribution in [0.3, 0.4) is 0 Å². The molecule has 0 aromatic heterocycles. The normalized spacial score (nSPS) is 11.4. The summed E-state index contributed by atoms with van der Waals surface area (Å²) < 4.78 is 50.3. The maximum absolute atomic E-state index is 11.8. The Morgan fingerprint density at radius 3 is 2.35 bits per heavy atom. The average Bonchev–Trinajstić information content (AvgIpc) is 2.41. The highest BCUT2D eigenvalue weighted by molar-refractivity contribution is 5.39. The van der Waals surface area contributed by atoms with Gasteiger partial charge >= 0.3 is 6.18 Å². The Labute approximate surface area is 115 Å². The Balaban J connectivity index is 2.05. The zero-order chi connectivity index (χ0) is 14.8. The molecule has 1 rings (SSSR count). The molecule has 20 heavy (non-hydrogen) atoms. The summed E-state index contributed by atoms with van der Waals surface area (Å²) in [5, 5.41) is 2.92. The lowest BCUT2D eigenvalue weighted by Crippen LogP contribution is -2.27. The van der Waals surface area contributed by atoms with Gasteiger partial charge in [-0.3, -0.25) is 0 Å². The zero-order valence-electron chi connectivity index (χ0n) is 11.2. The molecule has 0 saturated heterocycles. The number of nitrogens with one attached hydrogen (secondary N) is 1. The van der Waals surface area contributed by atoms with Gasteiger partial charge in [-0.05, 0) is 12.1 Å². The summed E-state index contributed by atoms with van der Waals surface area (Å²) in [5.74, 6) is 1.27. The molecule has 0 unspecified atom stereocenters. The highest BCUT2D eigenvalue weighted by atomic mass is 19.4. The summed E-state index contributed by atoms with van der Waals surface area (Å²) in [6, 6.07) is 7.23. The minimum Gasteiger partial charge on any atom is -0.493 e. The topological polar surface area (TPSA) is 39.7 Å². The van der Waals surface area contributed by atoms with Crippen LogP contribution in [0.25, 0.3) is 0 Å². The van der Waals surface area contributed by atoms with E-state index in [9.17, 15) is 13.2 Å². The molecule has 0 fully saturated rings. The number of benzene rings is 1. The van der Waals surface area contributed by atoms with Crippen molar-refractivity contribution in [1.82, 2.24) is 5.32 Å². The fourth-order valence-corrected chi connectivity index (χ4v) is 1.43. The van der Waals surface area contributed by atoms with Crippen molar-refractivity contribution in [2.24, 2.45) is 0 Å². The molecule has 1 aromatic rings. The Bertz CT molecular complexity index is 385. The summed E-state index contributed by atoms with van der Waals surface area (Å²) >= 11 is 0. The van der Waals surface area contributed by atoms with Crippen LogP contribution in [0.5, 0.6) is 11.5 Å². The van der Waals surface area contributed by atoms with Gasteiger partial charge in [-0.2, -0.15) is 13.2 Å². The van der Waals surface area contributed by atoms with Gasteiger partial charge in [-0.25, -0.2) is 0 Å². The SMILES string of the molecule is COc1ccccc1OCCNCCOCC(F)(F)F. The van der Waals surface area contributed by atoms with Crippen LogP contribution >= 0.6 is 0 Å². The number of alkyl halides is 3. The summed E-state index contributed by atoms with van der Waals surface area (Å²) in [7, 11) is 1.55. The van der Waals surface area contributed by atoms with E-state index in [1.165, 1.54) is 0 Å². The monoisotopic (exact) mass is 293 g/mol. The van der Waals surface area contributed by atoms with Crippen LogP contribution in [0.2, 0.25) is 0 Å². The third-order valence-corrected chi connectivity index (χ3v) is 2.29. The lowest BCUT2D eigenvalue weighted by atomic mass is 10.3. The largest absolute Gasteiger partial charge is 0.493 e. The van der Waals surface area contributed by atoms with Crippen LogP contribution in [-0.4, -0.2) is 46.2 Å². The number of ether oxygens (including phenoxy) is 3. The summed E-state index contributed by atoms with van der Waals surface area (Å²) in [6.07, 6.45) is -4.27. The predicted molar refractivity (Wildman–Crippen MR) is 68.2 cm³/mol. The van der Waals surface area contributed by atoms with Crippen LogP contribution in [0.1, 0.15) is 0 Å². The molecule has 0 aliphatic rings. The molecule has 1 N–H and O–H groups in total. The molecule has 0 amide bonds. The van der Waals surface area contributed by atoms with Gasteiger partial charge in [0.05, 0.1) is 13.7 Å². The van der Waals surface area contributed by atoms with Gasteiger partial charge in [0.25, 0.3) is 0 Å². The number of methoxy groups -OCH3 is 1.